The van der Waals surface area contributed by atoms with Gasteiger partial charge >= 0.3 is 6.03 Å². The van der Waals surface area contributed by atoms with Gasteiger partial charge in [0.2, 0.25) is 0 Å². The summed E-state index contributed by atoms with van der Waals surface area (Å²) in [7, 11) is 0. The molecule has 6 heteroatoms. The standard InChI is InChI=1S/C22H25N5O/c1-17-14-24-21(19-9-11-23-12-10-19)27(17)20-8-5-13-26(16-20)22(28)25-15-18-6-3-2-4-7-18/h2-4,6-7,9-12,14,20H,5,8,13,15-16H2,1H3,(H,25,28). The van der Waals surface area contributed by atoms with E-state index in [1.165, 1.54) is 0 Å². The molecule has 6 nitrogen and oxygen atoms in total. The number of hydrogen-bond donors (Lipinski definition) is 1. The maximum atomic E-state index is 12.7. The molecule has 1 atom stereocenters. The summed E-state index contributed by atoms with van der Waals surface area (Å²) in [6.07, 6.45) is 7.50. The van der Waals surface area contributed by atoms with Gasteiger partial charge in [0.15, 0.2) is 0 Å². The van der Waals surface area contributed by atoms with Gasteiger partial charge in [0, 0.05) is 49.5 Å². The maximum absolute atomic E-state index is 12.7. The van der Waals surface area contributed by atoms with E-state index in [1.54, 1.807) is 12.4 Å². The summed E-state index contributed by atoms with van der Waals surface area (Å²) in [5.41, 5.74) is 3.27. The second kappa shape index (κ2) is 8.25. The van der Waals surface area contributed by atoms with Crippen LogP contribution in [0.2, 0.25) is 0 Å². The topological polar surface area (TPSA) is 63.1 Å². The summed E-state index contributed by atoms with van der Waals surface area (Å²) in [5, 5.41) is 3.05. The van der Waals surface area contributed by atoms with Crippen molar-refractivity contribution in [3.8, 4) is 11.4 Å². The highest BCUT2D eigenvalue weighted by molar-refractivity contribution is 5.74. The highest BCUT2D eigenvalue weighted by Crippen LogP contribution is 2.29. The minimum atomic E-state index is -0.00298. The number of pyridine rings is 1. The molecule has 0 saturated carbocycles. The van der Waals surface area contributed by atoms with Gasteiger partial charge in [-0.15, -0.1) is 0 Å². The number of amides is 2. The Labute approximate surface area is 165 Å². The normalized spacial score (nSPS) is 16.8. The molecule has 1 aliphatic heterocycles. The first-order chi connectivity index (χ1) is 13.7. The van der Waals surface area contributed by atoms with Gasteiger partial charge in [0.1, 0.15) is 5.82 Å². The second-order valence-corrected chi connectivity index (χ2v) is 7.22. The smallest absolute Gasteiger partial charge is 0.317 e. The Morgan fingerprint density at radius 2 is 1.96 bits per heavy atom. The van der Waals surface area contributed by atoms with Gasteiger partial charge in [-0.25, -0.2) is 9.78 Å². The van der Waals surface area contributed by atoms with Crippen molar-refractivity contribution >= 4 is 6.03 Å². The lowest BCUT2D eigenvalue weighted by atomic mass is 10.0. The second-order valence-electron chi connectivity index (χ2n) is 7.22. The van der Waals surface area contributed by atoms with E-state index in [-0.39, 0.29) is 12.1 Å². The molecule has 2 aromatic heterocycles. The number of imidazole rings is 1. The molecule has 0 spiro atoms. The quantitative estimate of drug-likeness (QED) is 0.754. The number of aromatic nitrogens is 3. The van der Waals surface area contributed by atoms with E-state index in [0.29, 0.717) is 13.1 Å². The summed E-state index contributed by atoms with van der Waals surface area (Å²) in [6.45, 7) is 4.10. The third kappa shape index (κ3) is 3.91. The number of nitrogens with one attached hydrogen (secondary N) is 1. The molecule has 1 fully saturated rings. The van der Waals surface area contributed by atoms with E-state index in [9.17, 15) is 4.79 Å². The average Bonchev–Trinajstić information content (AvgIpc) is 3.15. The van der Waals surface area contributed by atoms with E-state index >= 15 is 0 Å². The van der Waals surface area contributed by atoms with Crippen LogP contribution in [0.3, 0.4) is 0 Å². The van der Waals surface area contributed by atoms with Gasteiger partial charge in [0.25, 0.3) is 0 Å². The van der Waals surface area contributed by atoms with Crippen LogP contribution in [0, 0.1) is 6.92 Å². The summed E-state index contributed by atoms with van der Waals surface area (Å²) < 4.78 is 2.27. The minimum Gasteiger partial charge on any atom is -0.334 e. The average molecular weight is 375 g/mol. The molecular weight excluding hydrogens is 350 g/mol. The first-order valence-corrected chi connectivity index (χ1v) is 9.73. The monoisotopic (exact) mass is 375 g/mol. The number of rotatable bonds is 4. The molecule has 3 aromatic rings. The summed E-state index contributed by atoms with van der Waals surface area (Å²) in [6, 6.07) is 14.2. The summed E-state index contributed by atoms with van der Waals surface area (Å²) in [5.74, 6) is 0.941. The van der Waals surface area contributed by atoms with Gasteiger partial charge < -0.3 is 14.8 Å². The van der Waals surface area contributed by atoms with Crippen molar-refractivity contribution in [3.63, 3.8) is 0 Å². The molecule has 2 amide bonds. The molecule has 0 aliphatic carbocycles. The van der Waals surface area contributed by atoms with Gasteiger partial charge in [-0.05, 0) is 37.5 Å². The molecule has 4 rings (SSSR count). The summed E-state index contributed by atoms with van der Waals surface area (Å²) in [4.78, 5) is 23.4. The Bertz CT molecular complexity index is 923. The van der Waals surface area contributed by atoms with Crippen LogP contribution in [0.5, 0.6) is 0 Å². The van der Waals surface area contributed by atoms with Crippen LogP contribution in [0.1, 0.15) is 30.1 Å². The molecule has 3 heterocycles. The van der Waals surface area contributed by atoms with Crippen molar-refractivity contribution in [3.05, 3.63) is 72.3 Å². The van der Waals surface area contributed by atoms with Crippen molar-refractivity contribution in [2.75, 3.05) is 13.1 Å². The van der Waals surface area contributed by atoms with Crippen LogP contribution < -0.4 is 5.32 Å². The lowest BCUT2D eigenvalue weighted by molar-refractivity contribution is 0.166. The number of benzene rings is 1. The van der Waals surface area contributed by atoms with E-state index in [0.717, 1.165) is 42.0 Å². The van der Waals surface area contributed by atoms with Crippen LogP contribution in [-0.4, -0.2) is 38.6 Å². The first kappa shape index (κ1) is 18.2. The zero-order valence-electron chi connectivity index (χ0n) is 16.1. The third-order valence-electron chi connectivity index (χ3n) is 5.26. The van der Waals surface area contributed by atoms with Crippen molar-refractivity contribution in [1.82, 2.24) is 24.8 Å². The predicted octanol–water partition coefficient (Wildman–Crippen LogP) is 3.80. The number of piperidine rings is 1. The van der Waals surface area contributed by atoms with Crippen molar-refractivity contribution < 1.29 is 4.79 Å². The number of carbonyl (C=O) groups is 1. The van der Waals surface area contributed by atoms with Gasteiger partial charge in [0.05, 0.1) is 6.04 Å². The number of hydrogen-bond acceptors (Lipinski definition) is 3. The molecule has 28 heavy (non-hydrogen) atoms. The molecule has 1 aromatic carbocycles. The molecule has 144 valence electrons. The fourth-order valence-electron chi connectivity index (χ4n) is 3.86. The van der Waals surface area contributed by atoms with Crippen LogP contribution in [0.15, 0.2) is 61.1 Å². The van der Waals surface area contributed by atoms with Gasteiger partial charge in [-0.2, -0.15) is 0 Å². The lowest BCUT2D eigenvalue weighted by Gasteiger charge is -2.34. The van der Waals surface area contributed by atoms with E-state index in [2.05, 4.69) is 26.8 Å². The Kier molecular flexibility index (Phi) is 5.37. The van der Waals surface area contributed by atoms with Crippen LogP contribution >= 0.6 is 0 Å². The molecule has 0 radical (unpaired) electrons. The number of carbonyl (C=O) groups excluding carboxylic acids is 1. The molecular formula is C22H25N5O. The van der Waals surface area contributed by atoms with Crippen LogP contribution in [0.4, 0.5) is 4.79 Å². The lowest BCUT2D eigenvalue weighted by Crippen LogP contribution is -2.45. The van der Waals surface area contributed by atoms with Crippen LogP contribution in [0.25, 0.3) is 11.4 Å². The fourth-order valence-corrected chi connectivity index (χ4v) is 3.86. The third-order valence-corrected chi connectivity index (χ3v) is 5.26. The predicted molar refractivity (Wildman–Crippen MR) is 109 cm³/mol. The Morgan fingerprint density at radius 1 is 1.18 bits per heavy atom. The van der Waals surface area contributed by atoms with Crippen molar-refractivity contribution in [2.24, 2.45) is 0 Å². The van der Waals surface area contributed by atoms with E-state index < -0.39 is 0 Å². The van der Waals surface area contributed by atoms with Crippen molar-refractivity contribution in [2.45, 2.75) is 32.4 Å². The fraction of sp³-hybridized carbons (Fsp3) is 0.318. The number of aryl methyl sites for hydroxylation is 1. The van der Waals surface area contributed by atoms with E-state index in [1.807, 2.05) is 53.6 Å². The molecule has 1 unspecified atom stereocenters. The van der Waals surface area contributed by atoms with Crippen molar-refractivity contribution in [1.29, 1.82) is 0 Å². The highest BCUT2D eigenvalue weighted by Gasteiger charge is 2.27. The van der Waals surface area contributed by atoms with Gasteiger partial charge in [-0.1, -0.05) is 30.3 Å². The Hall–Kier alpha value is -3.15. The Balaban J connectivity index is 1.47. The number of likely N-dealkylation sites (tertiary alicyclic amines) is 1. The summed E-state index contributed by atoms with van der Waals surface area (Å²) >= 11 is 0. The maximum Gasteiger partial charge on any atom is 0.317 e. The Morgan fingerprint density at radius 3 is 2.75 bits per heavy atom. The highest BCUT2D eigenvalue weighted by atomic mass is 16.2. The van der Waals surface area contributed by atoms with Gasteiger partial charge in [-0.3, -0.25) is 4.98 Å². The minimum absolute atomic E-state index is 0.00298. The van der Waals surface area contributed by atoms with E-state index in [4.69, 9.17) is 0 Å². The molecule has 1 aliphatic rings. The first-order valence-electron chi connectivity index (χ1n) is 9.73. The molecule has 1 N–H and O–H groups in total. The largest absolute Gasteiger partial charge is 0.334 e. The van der Waals surface area contributed by atoms with Crippen LogP contribution in [-0.2, 0) is 6.54 Å². The number of urea groups is 1. The zero-order valence-corrected chi connectivity index (χ0v) is 16.1. The number of nitrogens with zero attached hydrogens (tertiary/aromatic N) is 4. The zero-order chi connectivity index (χ0) is 19.3. The molecule has 1 saturated heterocycles. The molecule has 0 bridgehead atoms. The SMILES string of the molecule is Cc1cnc(-c2ccncc2)n1C1CCCN(C(=O)NCc2ccccc2)C1.